The lowest BCUT2D eigenvalue weighted by Crippen LogP contribution is -2.26. The first kappa shape index (κ1) is 11.3. The van der Waals surface area contributed by atoms with E-state index in [1.54, 1.807) is 6.07 Å². The quantitative estimate of drug-likeness (QED) is 0.761. The Kier molecular flexibility index (Phi) is 2.09. The molecule has 96 valence electrons. The molecule has 0 bridgehead atoms. The minimum Gasteiger partial charge on any atom is -0.468 e. The maximum atomic E-state index is 12.9. The van der Waals surface area contributed by atoms with Crippen LogP contribution in [0.15, 0.2) is 18.2 Å². The van der Waals surface area contributed by atoms with Crippen molar-refractivity contribution in [2.75, 3.05) is 7.11 Å². The number of alkyl halides is 2. The number of ether oxygens (including phenoxy) is 3. The molecule has 4 nitrogen and oxygen atoms in total. The van der Waals surface area contributed by atoms with Crippen LogP contribution in [-0.4, -0.2) is 19.4 Å². The van der Waals surface area contributed by atoms with Crippen LogP contribution in [0.1, 0.15) is 18.4 Å². The average molecular weight is 256 g/mol. The standard InChI is InChI=1S/C12H10F2O4/c1-16-10(15)11(4-5-11)7-2-3-8-9(6-7)18-12(13,14)17-8/h2-3,6H,4-5H2,1H3. The largest absolute Gasteiger partial charge is 0.586 e. The van der Waals surface area contributed by atoms with Crippen LogP contribution in [0.3, 0.4) is 0 Å². The van der Waals surface area contributed by atoms with Gasteiger partial charge in [0.2, 0.25) is 0 Å². The second kappa shape index (κ2) is 3.34. The Morgan fingerprint density at radius 3 is 2.56 bits per heavy atom. The molecule has 0 radical (unpaired) electrons. The van der Waals surface area contributed by atoms with E-state index in [0.717, 1.165) is 0 Å². The Bertz CT molecular complexity index is 523. The van der Waals surface area contributed by atoms with E-state index in [-0.39, 0.29) is 17.5 Å². The Morgan fingerprint density at radius 1 is 1.28 bits per heavy atom. The second-order valence-corrected chi connectivity index (χ2v) is 4.40. The Balaban J connectivity index is 1.96. The molecule has 18 heavy (non-hydrogen) atoms. The highest BCUT2D eigenvalue weighted by Crippen LogP contribution is 2.52. The third-order valence-corrected chi connectivity index (χ3v) is 3.28. The molecule has 6 heteroatoms. The number of hydrogen-bond acceptors (Lipinski definition) is 4. The summed E-state index contributed by atoms with van der Waals surface area (Å²) in [6.07, 6.45) is -2.34. The van der Waals surface area contributed by atoms with Crippen LogP contribution in [0, 0.1) is 0 Å². The van der Waals surface area contributed by atoms with Crippen LogP contribution in [-0.2, 0) is 14.9 Å². The topological polar surface area (TPSA) is 44.8 Å². The summed E-state index contributed by atoms with van der Waals surface area (Å²) < 4.78 is 39.1. The summed E-state index contributed by atoms with van der Waals surface area (Å²) >= 11 is 0. The van der Waals surface area contributed by atoms with Gasteiger partial charge in [0.1, 0.15) is 0 Å². The van der Waals surface area contributed by atoms with E-state index in [1.807, 2.05) is 0 Å². The smallest absolute Gasteiger partial charge is 0.468 e. The summed E-state index contributed by atoms with van der Waals surface area (Å²) in [6, 6.07) is 4.39. The van der Waals surface area contributed by atoms with Crippen LogP contribution < -0.4 is 9.47 Å². The number of methoxy groups -OCH3 is 1. The van der Waals surface area contributed by atoms with Gasteiger partial charge >= 0.3 is 12.3 Å². The highest BCUT2D eigenvalue weighted by Gasteiger charge is 2.53. The molecule has 1 heterocycles. The molecule has 3 rings (SSSR count). The van der Waals surface area contributed by atoms with Crippen LogP contribution in [0.25, 0.3) is 0 Å². The van der Waals surface area contributed by atoms with E-state index in [1.165, 1.54) is 19.2 Å². The van der Waals surface area contributed by atoms with Crippen molar-refractivity contribution < 1.29 is 27.8 Å². The normalized spacial score (nSPS) is 21.5. The van der Waals surface area contributed by atoms with Gasteiger partial charge in [-0.25, -0.2) is 0 Å². The first-order valence-electron chi connectivity index (χ1n) is 5.46. The number of benzene rings is 1. The minimum absolute atomic E-state index is 0.0237. The van der Waals surface area contributed by atoms with Crippen molar-refractivity contribution in [3.8, 4) is 11.5 Å². The number of halogens is 2. The van der Waals surface area contributed by atoms with E-state index in [9.17, 15) is 13.6 Å². The van der Waals surface area contributed by atoms with Crippen molar-refractivity contribution in [1.29, 1.82) is 0 Å². The maximum absolute atomic E-state index is 12.9. The van der Waals surface area contributed by atoms with Gasteiger partial charge in [-0.3, -0.25) is 4.79 Å². The molecule has 1 saturated carbocycles. The number of carbonyl (C=O) groups excluding carboxylic acids is 1. The van der Waals surface area contributed by atoms with Crippen LogP contribution in [0.5, 0.6) is 11.5 Å². The molecule has 1 aliphatic heterocycles. The zero-order valence-corrected chi connectivity index (χ0v) is 9.54. The molecule has 1 aromatic rings. The predicted molar refractivity (Wildman–Crippen MR) is 55.6 cm³/mol. The minimum atomic E-state index is -3.64. The van der Waals surface area contributed by atoms with Crippen molar-refractivity contribution in [3.05, 3.63) is 23.8 Å². The number of carbonyl (C=O) groups is 1. The fourth-order valence-corrected chi connectivity index (χ4v) is 2.18. The van der Waals surface area contributed by atoms with Gasteiger partial charge < -0.3 is 14.2 Å². The molecular weight excluding hydrogens is 246 g/mol. The summed E-state index contributed by atoms with van der Waals surface area (Å²) in [5.74, 6) is -0.426. The monoisotopic (exact) mass is 256 g/mol. The van der Waals surface area contributed by atoms with Gasteiger partial charge in [-0.05, 0) is 30.5 Å². The molecule has 1 aromatic carbocycles. The molecule has 0 unspecified atom stereocenters. The van der Waals surface area contributed by atoms with Crippen molar-refractivity contribution in [2.45, 2.75) is 24.6 Å². The third-order valence-electron chi connectivity index (χ3n) is 3.28. The van der Waals surface area contributed by atoms with E-state index < -0.39 is 11.7 Å². The number of fused-ring (bicyclic) bond motifs is 1. The molecule has 0 amide bonds. The molecule has 1 aliphatic carbocycles. The Labute approximate surface area is 101 Å². The van der Waals surface area contributed by atoms with Gasteiger partial charge in [0.05, 0.1) is 12.5 Å². The first-order chi connectivity index (χ1) is 8.47. The van der Waals surface area contributed by atoms with Crippen molar-refractivity contribution in [1.82, 2.24) is 0 Å². The lowest BCUT2D eigenvalue weighted by Gasteiger charge is -2.13. The van der Waals surface area contributed by atoms with Gasteiger partial charge in [0.25, 0.3) is 0 Å². The molecule has 0 aromatic heterocycles. The molecule has 1 fully saturated rings. The van der Waals surface area contributed by atoms with Crippen molar-refractivity contribution in [3.63, 3.8) is 0 Å². The number of hydrogen-bond donors (Lipinski definition) is 0. The van der Waals surface area contributed by atoms with Gasteiger partial charge in [0.15, 0.2) is 11.5 Å². The van der Waals surface area contributed by atoms with Gasteiger partial charge in [0, 0.05) is 0 Å². The first-order valence-corrected chi connectivity index (χ1v) is 5.46. The number of rotatable bonds is 2. The van der Waals surface area contributed by atoms with Crippen LogP contribution in [0.2, 0.25) is 0 Å². The molecule has 2 aliphatic rings. The summed E-state index contributed by atoms with van der Waals surface area (Å²) in [4.78, 5) is 11.7. The fourth-order valence-electron chi connectivity index (χ4n) is 2.18. The van der Waals surface area contributed by atoms with E-state index in [2.05, 4.69) is 9.47 Å². The SMILES string of the molecule is COC(=O)C1(c2ccc3c(c2)OC(F)(F)O3)CC1. The summed E-state index contributed by atoms with van der Waals surface area (Å²) in [7, 11) is 1.31. The third kappa shape index (κ3) is 1.52. The highest BCUT2D eigenvalue weighted by molar-refractivity contribution is 5.86. The second-order valence-electron chi connectivity index (χ2n) is 4.40. The maximum Gasteiger partial charge on any atom is 0.586 e. The Morgan fingerprint density at radius 2 is 1.94 bits per heavy atom. The lowest BCUT2D eigenvalue weighted by atomic mass is 9.96. The summed E-state index contributed by atoms with van der Waals surface area (Å²) in [5, 5.41) is 0. The predicted octanol–water partition coefficient (Wildman–Crippen LogP) is 2.21. The van der Waals surface area contributed by atoms with Crippen LogP contribution >= 0.6 is 0 Å². The number of esters is 1. The Hall–Kier alpha value is -1.85. The van der Waals surface area contributed by atoms with Gasteiger partial charge in [-0.15, -0.1) is 8.78 Å². The van der Waals surface area contributed by atoms with Gasteiger partial charge in [-0.2, -0.15) is 0 Å². The fraction of sp³-hybridized carbons (Fsp3) is 0.417. The summed E-state index contributed by atoms with van der Waals surface area (Å²) in [5.41, 5.74) is -0.0835. The van der Waals surface area contributed by atoms with Crippen LogP contribution in [0.4, 0.5) is 8.78 Å². The molecular formula is C12H10F2O4. The lowest BCUT2D eigenvalue weighted by molar-refractivity contribution is -0.286. The zero-order chi connectivity index (χ0) is 13.0. The molecule has 0 spiro atoms. The highest BCUT2D eigenvalue weighted by atomic mass is 19.3. The molecule has 0 atom stereocenters. The van der Waals surface area contributed by atoms with E-state index in [4.69, 9.17) is 4.74 Å². The average Bonchev–Trinajstić information content (AvgIpc) is 3.05. The van der Waals surface area contributed by atoms with Crippen molar-refractivity contribution >= 4 is 5.97 Å². The van der Waals surface area contributed by atoms with E-state index >= 15 is 0 Å². The zero-order valence-electron chi connectivity index (χ0n) is 9.54. The van der Waals surface area contributed by atoms with Gasteiger partial charge in [-0.1, -0.05) is 6.07 Å². The molecule has 0 saturated heterocycles. The summed E-state index contributed by atoms with van der Waals surface area (Å²) in [6.45, 7) is 0. The van der Waals surface area contributed by atoms with Crippen molar-refractivity contribution in [2.24, 2.45) is 0 Å². The molecule has 0 N–H and O–H groups in total. The van der Waals surface area contributed by atoms with E-state index in [0.29, 0.717) is 18.4 Å².